The maximum absolute atomic E-state index is 12.1. The molecule has 3 rings (SSSR count). The molecule has 0 spiro atoms. The van der Waals surface area contributed by atoms with E-state index in [0.717, 1.165) is 63.4 Å². The third kappa shape index (κ3) is 5.12. The molecule has 7 nitrogen and oxygen atoms in total. The first-order chi connectivity index (χ1) is 12.1. The van der Waals surface area contributed by atoms with Gasteiger partial charge in [0.15, 0.2) is 0 Å². The highest BCUT2D eigenvalue weighted by molar-refractivity contribution is 5.75. The Balaban J connectivity index is 1.44. The van der Waals surface area contributed by atoms with Crippen LogP contribution in [0.25, 0.3) is 0 Å². The van der Waals surface area contributed by atoms with Crippen LogP contribution in [0.1, 0.15) is 38.2 Å². The molecule has 2 fully saturated rings. The molecule has 0 radical (unpaired) electrons. The molecule has 1 aliphatic heterocycles. The first-order valence-corrected chi connectivity index (χ1v) is 9.30. The number of ether oxygens (including phenoxy) is 1. The van der Waals surface area contributed by atoms with E-state index in [0.29, 0.717) is 6.54 Å². The molecule has 0 unspecified atom stereocenters. The van der Waals surface area contributed by atoms with Crippen molar-refractivity contribution in [2.75, 3.05) is 38.1 Å². The molecular formula is C18H29N5O2. The van der Waals surface area contributed by atoms with Gasteiger partial charge in [0.05, 0.1) is 0 Å². The van der Waals surface area contributed by atoms with Crippen molar-refractivity contribution in [3.05, 3.63) is 18.0 Å². The third-order valence-electron chi connectivity index (χ3n) is 5.03. The van der Waals surface area contributed by atoms with Crippen LogP contribution in [-0.2, 0) is 16.1 Å². The monoisotopic (exact) mass is 347 g/mol. The average Bonchev–Trinajstić information content (AvgIpc) is 3.14. The zero-order chi connectivity index (χ0) is 17.6. The van der Waals surface area contributed by atoms with E-state index in [9.17, 15) is 4.79 Å². The number of carbonyl (C=O) groups is 1. The predicted molar refractivity (Wildman–Crippen MR) is 96.4 cm³/mol. The van der Waals surface area contributed by atoms with Gasteiger partial charge >= 0.3 is 5.97 Å². The second-order valence-corrected chi connectivity index (χ2v) is 7.13. The van der Waals surface area contributed by atoms with Gasteiger partial charge in [0, 0.05) is 50.7 Å². The van der Waals surface area contributed by atoms with Crippen LogP contribution in [0.3, 0.4) is 0 Å². The topological polar surface area (TPSA) is 70.6 Å². The molecule has 1 saturated heterocycles. The highest BCUT2D eigenvalue weighted by Gasteiger charge is 2.22. The van der Waals surface area contributed by atoms with Crippen molar-refractivity contribution in [3.63, 3.8) is 0 Å². The number of rotatable bonds is 6. The lowest BCUT2D eigenvalue weighted by Crippen LogP contribution is -2.45. The quantitative estimate of drug-likeness (QED) is 0.775. The van der Waals surface area contributed by atoms with Crippen LogP contribution in [-0.4, -0.2) is 66.2 Å². The number of nitrogens with one attached hydrogen (secondary N) is 1. The first-order valence-electron chi connectivity index (χ1n) is 9.30. The van der Waals surface area contributed by atoms with Gasteiger partial charge in [-0.25, -0.2) is 9.97 Å². The normalized spacial score (nSPS) is 20.6. The van der Waals surface area contributed by atoms with E-state index >= 15 is 0 Å². The summed E-state index contributed by atoms with van der Waals surface area (Å²) in [5.74, 6) is 0.618. The van der Waals surface area contributed by atoms with Crippen molar-refractivity contribution in [2.24, 2.45) is 0 Å². The van der Waals surface area contributed by atoms with E-state index in [1.807, 2.05) is 19.3 Å². The van der Waals surface area contributed by atoms with Crippen molar-refractivity contribution < 1.29 is 9.53 Å². The minimum Gasteiger partial charge on any atom is -0.461 e. The maximum Gasteiger partial charge on any atom is 0.323 e. The van der Waals surface area contributed by atoms with Gasteiger partial charge in [-0.05, 0) is 39.7 Å². The Hall–Kier alpha value is -1.73. The van der Waals surface area contributed by atoms with Crippen LogP contribution < -0.4 is 10.2 Å². The Kier molecular flexibility index (Phi) is 6.20. The number of piperazine rings is 1. The van der Waals surface area contributed by atoms with Gasteiger partial charge in [0.2, 0.25) is 5.95 Å². The number of nitrogens with zero attached hydrogens (tertiary/aromatic N) is 4. The lowest BCUT2D eigenvalue weighted by atomic mass is 10.2. The molecule has 2 heterocycles. The number of esters is 1. The molecule has 25 heavy (non-hydrogen) atoms. The minimum absolute atomic E-state index is 0.114. The predicted octanol–water partition coefficient (Wildman–Crippen LogP) is 1.19. The van der Waals surface area contributed by atoms with Gasteiger partial charge in [-0.15, -0.1) is 0 Å². The largest absolute Gasteiger partial charge is 0.461 e. The molecule has 0 bridgehead atoms. The fourth-order valence-corrected chi connectivity index (χ4v) is 3.24. The summed E-state index contributed by atoms with van der Waals surface area (Å²) in [6.07, 6.45) is 8.11. The van der Waals surface area contributed by atoms with Crippen LogP contribution >= 0.6 is 0 Å². The summed E-state index contributed by atoms with van der Waals surface area (Å²) < 4.78 is 5.53. The van der Waals surface area contributed by atoms with Gasteiger partial charge < -0.3 is 19.9 Å². The van der Waals surface area contributed by atoms with Crippen molar-refractivity contribution in [1.82, 2.24) is 20.2 Å². The Bertz CT molecular complexity index is 551. The molecular weight excluding hydrogens is 318 g/mol. The van der Waals surface area contributed by atoms with Crippen LogP contribution in [0.15, 0.2) is 12.4 Å². The lowest BCUT2D eigenvalue weighted by Gasteiger charge is -2.32. The summed E-state index contributed by atoms with van der Waals surface area (Å²) in [6, 6.07) is -0.321. The van der Waals surface area contributed by atoms with Crippen LogP contribution in [0, 0.1) is 0 Å². The molecule has 1 saturated carbocycles. The molecule has 1 aliphatic carbocycles. The van der Waals surface area contributed by atoms with Gasteiger partial charge in [0.1, 0.15) is 12.1 Å². The Morgan fingerprint density at radius 2 is 1.88 bits per heavy atom. The number of anilines is 1. The summed E-state index contributed by atoms with van der Waals surface area (Å²) >= 11 is 0. The summed E-state index contributed by atoms with van der Waals surface area (Å²) in [4.78, 5) is 25.5. The van der Waals surface area contributed by atoms with E-state index in [4.69, 9.17) is 4.74 Å². The zero-order valence-corrected chi connectivity index (χ0v) is 15.3. The van der Waals surface area contributed by atoms with Crippen molar-refractivity contribution in [1.29, 1.82) is 0 Å². The Morgan fingerprint density at radius 1 is 1.24 bits per heavy atom. The summed E-state index contributed by atoms with van der Waals surface area (Å²) in [6.45, 7) is 6.39. The highest BCUT2D eigenvalue weighted by Crippen LogP contribution is 2.21. The number of hydrogen-bond acceptors (Lipinski definition) is 7. The van der Waals surface area contributed by atoms with Gasteiger partial charge in [-0.3, -0.25) is 4.79 Å². The maximum atomic E-state index is 12.1. The van der Waals surface area contributed by atoms with Crippen molar-refractivity contribution in [2.45, 2.75) is 51.3 Å². The third-order valence-corrected chi connectivity index (χ3v) is 5.03. The highest BCUT2D eigenvalue weighted by atomic mass is 16.5. The average molecular weight is 347 g/mol. The van der Waals surface area contributed by atoms with Gasteiger partial charge in [-0.1, -0.05) is 0 Å². The second-order valence-electron chi connectivity index (χ2n) is 7.13. The lowest BCUT2D eigenvalue weighted by molar-refractivity contribution is -0.150. The van der Waals surface area contributed by atoms with Crippen LogP contribution in [0.4, 0.5) is 5.95 Å². The summed E-state index contributed by atoms with van der Waals surface area (Å²) in [5, 5.41) is 3.20. The number of likely N-dealkylation sites (N-methyl/N-ethyl adjacent to an activating group) is 1. The van der Waals surface area contributed by atoms with E-state index in [2.05, 4.69) is 32.1 Å². The van der Waals surface area contributed by atoms with Crippen molar-refractivity contribution in [3.8, 4) is 0 Å². The number of hydrogen-bond donors (Lipinski definition) is 1. The molecule has 0 aromatic carbocycles. The van der Waals surface area contributed by atoms with E-state index < -0.39 is 0 Å². The number of carbonyl (C=O) groups excluding carboxylic acids is 1. The van der Waals surface area contributed by atoms with Crippen molar-refractivity contribution >= 4 is 11.9 Å². The fraction of sp³-hybridized carbons (Fsp3) is 0.722. The van der Waals surface area contributed by atoms with Gasteiger partial charge in [-0.2, -0.15) is 0 Å². The SMILES string of the molecule is C[C@H](NCc1cnc(N2CCN(C)CC2)nc1)C(=O)OC1CCCC1. The number of aromatic nitrogens is 2. The molecule has 138 valence electrons. The van der Waals surface area contributed by atoms with E-state index in [1.54, 1.807) is 0 Å². The van der Waals surface area contributed by atoms with Crippen LogP contribution in [0.5, 0.6) is 0 Å². The fourth-order valence-electron chi connectivity index (χ4n) is 3.24. The minimum atomic E-state index is -0.321. The van der Waals surface area contributed by atoms with Crippen LogP contribution in [0.2, 0.25) is 0 Å². The molecule has 1 aromatic rings. The van der Waals surface area contributed by atoms with Gasteiger partial charge in [0.25, 0.3) is 0 Å². The van der Waals surface area contributed by atoms with E-state index in [-0.39, 0.29) is 18.1 Å². The standard InChI is InChI=1S/C18H29N5O2/c1-14(17(24)25-16-5-3-4-6-16)19-11-15-12-20-18(21-13-15)23-9-7-22(2)8-10-23/h12-14,16,19H,3-11H2,1-2H3/t14-/m0/s1. The molecule has 1 atom stereocenters. The second kappa shape index (κ2) is 8.58. The molecule has 1 N–H and O–H groups in total. The molecule has 1 aromatic heterocycles. The summed E-state index contributed by atoms with van der Waals surface area (Å²) in [7, 11) is 2.13. The van der Waals surface area contributed by atoms with E-state index in [1.165, 1.54) is 0 Å². The zero-order valence-electron chi connectivity index (χ0n) is 15.3. The summed E-state index contributed by atoms with van der Waals surface area (Å²) in [5.41, 5.74) is 0.971. The Morgan fingerprint density at radius 3 is 2.52 bits per heavy atom. The first kappa shape index (κ1) is 18.1. The molecule has 0 amide bonds. The smallest absolute Gasteiger partial charge is 0.323 e. The Labute approximate surface area is 149 Å². The molecule has 7 heteroatoms. The molecule has 2 aliphatic rings.